The van der Waals surface area contributed by atoms with Crippen LogP contribution in [0.5, 0.6) is 0 Å². The van der Waals surface area contributed by atoms with E-state index in [1.54, 1.807) is 35.0 Å². The number of benzene rings is 1. The monoisotopic (exact) mass is 446 g/mol. The van der Waals surface area contributed by atoms with Crippen molar-refractivity contribution >= 4 is 52.5 Å². The van der Waals surface area contributed by atoms with Gasteiger partial charge in [0.2, 0.25) is 0 Å². The van der Waals surface area contributed by atoms with Crippen molar-refractivity contribution in [2.45, 2.75) is 27.3 Å². The molecule has 0 spiro atoms. The number of halogens is 2. The van der Waals surface area contributed by atoms with Crippen LogP contribution in [0.1, 0.15) is 32.0 Å². The summed E-state index contributed by atoms with van der Waals surface area (Å²) in [5.74, 6) is -0.0564. The van der Waals surface area contributed by atoms with Gasteiger partial charge >= 0.3 is 0 Å². The summed E-state index contributed by atoms with van der Waals surface area (Å²) in [5, 5.41) is 0.995. The third kappa shape index (κ3) is 5.24. The van der Waals surface area contributed by atoms with E-state index in [0.717, 1.165) is 5.56 Å². The summed E-state index contributed by atoms with van der Waals surface area (Å²) in [6.07, 6.45) is 4.93. The number of carbonyl (C=O) groups is 1. The third-order valence-corrected chi connectivity index (χ3v) is 5.89. The zero-order valence-electron chi connectivity index (χ0n) is 16.3. The molecular formula is C22H20Cl2N2O2S. The van der Waals surface area contributed by atoms with E-state index in [-0.39, 0.29) is 17.9 Å². The Hall–Kier alpha value is -2.21. The molecule has 29 heavy (non-hydrogen) atoms. The third-order valence-electron chi connectivity index (χ3n) is 4.24. The van der Waals surface area contributed by atoms with Gasteiger partial charge in [0.1, 0.15) is 4.66 Å². The highest BCUT2D eigenvalue weighted by Crippen LogP contribution is 2.21. The van der Waals surface area contributed by atoms with Crippen LogP contribution in [-0.4, -0.2) is 15.3 Å². The number of pyridine rings is 1. The molecule has 0 N–H and O–H groups in total. The molecule has 0 aliphatic carbocycles. The topological polar surface area (TPSA) is 52.0 Å². The van der Waals surface area contributed by atoms with Gasteiger partial charge in [-0.05, 0) is 35.9 Å². The summed E-state index contributed by atoms with van der Waals surface area (Å²) >= 11 is 13.6. The van der Waals surface area contributed by atoms with Crippen molar-refractivity contribution in [3.63, 3.8) is 0 Å². The van der Waals surface area contributed by atoms with Crippen molar-refractivity contribution < 1.29 is 4.79 Å². The zero-order chi connectivity index (χ0) is 21.2. The molecule has 2 heterocycles. The molecule has 0 aliphatic heterocycles. The number of hydrogen-bond acceptors (Lipinski definition) is 4. The molecule has 0 amide bonds. The second-order valence-corrected chi connectivity index (χ2v) is 9.49. The number of hydrogen-bond donors (Lipinski definition) is 0. The lowest BCUT2D eigenvalue weighted by Crippen LogP contribution is -2.33. The minimum atomic E-state index is -0.548. The van der Waals surface area contributed by atoms with E-state index >= 15 is 0 Å². The Morgan fingerprint density at radius 2 is 1.97 bits per heavy atom. The van der Waals surface area contributed by atoms with Crippen LogP contribution in [0.4, 0.5) is 0 Å². The van der Waals surface area contributed by atoms with Crippen molar-refractivity contribution in [3.05, 3.63) is 83.4 Å². The van der Waals surface area contributed by atoms with Gasteiger partial charge < -0.3 is 0 Å². The van der Waals surface area contributed by atoms with Gasteiger partial charge in [-0.15, -0.1) is 11.3 Å². The van der Waals surface area contributed by atoms with Crippen LogP contribution in [0.3, 0.4) is 0 Å². The highest BCUT2D eigenvalue weighted by Gasteiger charge is 2.19. The number of aromatic nitrogens is 2. The Kier molecular flexibility index (Phi) is 6.42. The number of nitrogens with zero attached hydrogens (tertiary/aromatic N) is 2. The number of ketones is 1. The van der Waals surface area contributed by atoms with Gasteiger partial charge in [0, 0.05) is 27.7 Å². The van der Waals surface area contributed by atoms with Gasteiger partial charge in [0.25, 0.3) is 5.56 Å². The van der Waals surface area contributed by atoms with Crippen LogP contribution in [0.25, 0.3) is 12.2 Å². The Bertz CT molecular complexity index is 1220. The molecule has 150 valence electrons. The van der Waals surface area contributed by atoms with Crippen LogP contribution in [0.15, 0.2) is 47.4 Å². The molecule has 1 aromatic carbocycles. The van der Waals surface area contributed by atoms with Crippen molar-refractivity contribution in [1.29, 1.82) is 0 Å². The van der Waals surface area contributed by atoms with Crippen molar-refractivity contribution in [1.82, 2.24) is 9.55 Å². The van der Waals surface area contributed by atoms with Gasteiger partial charge in [-0.2, -0.15) is 0 Å². The zero-order valence-corrected chi connectivity index (χ0v) is 18.6. The Labute approximate surface area is 182 Å². The molecule has 3 aromatic rings. The number of thiazole rings is 1. The van der Waals surface area contributed by atoms with Gasteiger partial charge in [-0.1, -0.05) is 56.1 Å². The molecule has 0 unspecified atom stereocenters. The molecule has 0 saturated heterocycles. The average Bonchev–Trinajstić information content (AvgIpc) is 2.92. The van der Waals surface area contributed by atoms with Gasteiger partial charge in [-0.3, -0.25) is 19.1 Å². The van der Waals surface area contributed by atoms with Crippen LogP contribution in [0, 0.1) is 5.41 Å². The average molecular weight is 447 g/mol. The van der Waals surface area contributed by atoms with E-state index < -0.39 is 5.41 Å². The van der Waals surface area contributed by atoms with E-state index in [1.165, 1.54) is 17.4 Å². The van der Waals surface area contributed by atoms with Gasteiger partial charge in [0.15, 0.2) is 5.78 Å². The van der Waals surface area contributed by atoms with E-state index in [4.69, 9.17) is 23.2 Å². The predicted molar refractivity (Wildman–Crippen MR) is 120 cm³/mol. The first-order chi connectivity index (χ1) is 13.6. The quantitative estimate of drug-likeness (QED) is 0.610. The van der Waals surface area contributed by atoms with Crippen LogP contribution in [0.2, 0.25) is 10.0 Å². The summed E-state index contributed by atoms with van der Waals surface area (Å²) in [7, 11) is 0. The van der Waals surface area contributed by atoms with Gasteiger partial charge in [-0.25, -0.2) is 0 Å². The fraction of sp³-hybridized carbons (Fsp3) is 0.227. The number of Topliss-reactive ketones (excluding diaryl/α,β-unsaturated/α-hetero) is 1. The van der Waals surface area contributed by atoms with Crippen LogP contribution in [-0.2, 0) is 11.3 Å². The summed E-state index contributed by atoms with van der Waals surface area (Å²) in [6.45, 7) is 5.78. The predicted octanol–water partition coefficient (Wildman–Crippen LogP) is 3.88. The smallest absolute Gasteiger partial charge is 0.269 e. The summed E-state index contributed by atoms with van der Waals surface area (Å²) < 4.78 is 2.64. The lowest BCUT2D eigenvalue weighted by molar-refractivity contribution is -0.120. The van der Waals surface area contributed by atoms with Crippen LogP contribution >= 0.6 is 34.5 Å². The molecule has 0 bridgehead atoms. The lowest BCUT2D eigenvalue weighted by Gasteiger charge is -2.13. The van der Waals surface area contributed by atoms with Gasteiger partial charge in [0.05, 0.1) is 16.8 Å². The molecule has 0 fully saturated rings. The lowest BCUT2D eigenvalue weighted by atomic mass is 9.91. The minimum absolute atomic E-state index is 0.0564. The fourth-order valence-electron chi connectivity index (χ4n) is 2.54. The van der Waals surface area contributed by atoms with Crippen molar-refractivity contribution in [3.8, 4) is 0 Å². The number of rotatable bonds is 4. The fourth-order valence-corrected chi connectivity index (χ4v) is 4.03. The highest BCUT2D eigenvalue weighted by atomic mass is 35.5. The van der Waals surface area contributed by atoms with Crippen molar-refractivity contribution in [2.24, 2.45) is 5.41 Å². The molecule has 4 nitrogen and oxygen atoms in total. The summed E-state index contributed by atoms with van der Waals surface area (Å²) in [4.78, 5) is 30.0. The maximum Gasteiger partial charge on any atom is 0.269 e. The second-order valence-electron chi connectivity index (χ2n) is 7.59. The van der Waals surface area contributed by atoms with E-state index in [1.807, 2.05) is 39.0 Å². The first-order valence-electron chi connectivity index (χ1n) is 8.97. The molecule has 7 heteroatoms. The first kappa shape index (κ1) is 21.5. The molecule has 0 saturated carbocycles. The molecule has 2 aromatic heterocycles. The maximum atomic E-state index is 13.1. The van der Waals surface area contributed by atoms with Crippen molar-refractivity contribution in [2.75, 3.05) is 0 Å². The largest absolute Gasteiger partial charge is 0.294 e. The molecule has 0 atom stereocenters. The summed E-state index contributed by atoms with van der Waals surface area (Å²) in [6, 6.07) is 10.6. The van der Waals surface area contributed by atoms with E-state index in [9.17, 15) is 9.59 Å². The van der Waals surface area contributed by atoms with Crippen LogP contribution < -0.4 is 14.8 Å². The normalized spacial score (nSPS) is 13.1. The Balaban J connectivity index is 2.19. The maximum absolute atomic E-state index is 13.1. The Morgan fingerprint density at radius 3 is 2.59 bits per heavy atom. The Morgan fingerprint density at radius 1 is 1.21 bits per heavy atom. The number of carbonyl (C=O) groups excluding carboxylic acids is 1. The highest BCUT2D eigenvalue weighted by molar-refractivity contribution is 7.07. The molecule has 3 rings (SSSR count). The standard InChI is InChI=1S/C22H20Cl2N2O2S/c1-22(2,3)19(27)12-20-26(13-14-7-8-15(23)10-17(14)24)21(28)18(29-20)11-16-6-4-5-9-25-16/h4-12H,13H2,1-3H3. The SMILES string of the molecule is CC(C)(C)C(=O)C=c1sc(=Cc2ccccn2)c(=O)n1Cc1ccc(Cl)cc1Cl. The molecule has 0 radical (unpaired) electrons. The molecular weight excluding hydrogens is 427 g/mol. The summed E-state index contributed by atoms with van der Waals surface area (Å²) in [5.41, 5.74) is 0.683. The first-order valence-corrected chi connectivity index (χ1v) is 10.5. The second kappa shape index (κ2) is 8.66. The van der Waals surface area contributed by atoms with E-state index in [0.29, 0.717) is 24.9 Å². The molecule has 0 aliphatic rings. The minimum Gasteiger partial charge on any atom is -0.294 e. The van der Waals surface area contributed by atoms with E-state index in [2.05, 4.69) is 4.98 Å².